The Balaban J connectivity index is 1.57. The maximum atomic E-state index is 12.6. The molecule has 2 N–H and O–H groups in total. The Morgan fingerprint density at radius 1 is 1.05 bits per heavy atom. The monoisotopic (exact) mass is 580 g/mol. The van der Waals surface area contributed by atoms with E-state index in [9.17, 15) is 9.59 Å². The summed E-state index contributed by atoms with van der Waals surface area (Å²) in [5.41, 5.74) is 2.73. The first-order valence-corrected chi connectivity index (χ1v) is 14.2. The van der Waals surface area contributed by atoms with Crippen LogP contribution in [-0.4, -0.2) is 57.8 Å². The van der Waals surface area contributed by atoms with Gasteiger partial charge in [-0.05, 0) is 77.8 Å². The quantitative estimate of drug-likeness (QED) is 0.313. The molecule has 41 heavy (non-hydrogen) atoms. The zero-order valence-corrected chi connectivity index (χ0v) is 24.9. The highest BCUT2D eigenvalue weighted by molar-refractivity contribution is 6.30. The third kappa shape index (κ3) is 7.85. The summed E-state index contributed by atoms with van der Waals surface area (Å²) < 4.78 is 13.3. The largest absolute Gasteiger partial charge is 0.494 e. The van der Waals surface area contributed by atoms with E-state index in [1.165, 1.54) is 0 Å². The molecule has 1 aliphatic heterocycles. The molecule has 1 aromatic heterocycles. The summed E-state index contributed by atoms with van der Waals surface area (Å²) in [4.78, 5) is 29.6. The maximum absolute atomic E-state index is 12.6. The Morgan fingerprint density at radius 3 is 2.51 bits per heavy atom. The second kappa shape index (κ2) is 13.2. The van der Waals surface area contributed by atoms with Crippen LogP contribution in [0.3, 0.4) is 0 Å². The number of carbonyl (C=O) groups excluding carboxylic acids is 2. The normalized spacial score (nSPS) is 14.3. The second-order valence-electron chi connectivity index (χ2n) is 10.8. The Morgan fingerprint density at radius 2 is 1.80 bits per heavy atom. The predicted molar refractivity (Wildman–Crippen MR) is 158 cm³/mol. The van der Waals surface area contributed by atoms with E-state index in [2.05, 4.69) is 20.8 Å². The summed E-state index contributed by atoms with van der Waals surface area (Å²) in [6.45, 7) is 10.8. The fourth-order valence-electron chi connectivity index (χ4n) is 4.51. The molecule has 1 atom stereocenters. The average molecular weight is 581 g/mol. The van der Waals surface area contributed by atoms with E-state index < -0.39 is 17.7 Å². The molecular weight excluding hydrogens is 544 g/mol. The Hall–Kier alpha value is -3.92. The molecule has 0 saturated heterocycles. The Bertz CT molecular complexity index is 1410. The van der Waals surface area contributed by atoms with Crippen LogP contribution >= 0.6 is 11.6 Å². The molecule has 3 aromatic rings. The van der Waals surface area contributed by atoms with Crippen molar-refractivity contribution in [3.63, 3.8) is 0 Å². The molecule has 0 radical (unpaired) electrons. The number of nitrogens with zero attached hydrogens (tertiary/aromatic N) is 4. The van der Waals surface area contributed by atoms with Gasteiger partial charge in [-0.25, -0.2) is 4.79 Å². The van der Waals surface area contributed by atoms with Crippen molar-refractivity contribution < 1.29 is 19.1 Å². The van der Waals surface area contributed by atoms with E-state index in [0.29, 0.717) is 47.8 Å². The van der Waals surface area contributed by atoms with Gasteiger partial charge in [0.05, 0.1) is 24.4 Å². The summed E-state index contributed by atoms with van der Waals surface area (Å²) in [6, 6.07) is 12.8. The van der Waals surface area contributed by atoms with Gasteiger partial charge in [0.25, 0.3) is 0 Å². The third-order valence-electron chi connectivity index (χ3n) is 6.28. The van der Waals surface area contributed by atoms with Crippen molar-refractivity contribution in [1.82, 2.24) is 25.4 Å². The number of hydrogen-bond donors (Lipinski definition) is 2. The fraction of sp³-hybridized carbons (Fsp3) is 0.433. The third-order valence-corrected chi connectivity index (χ3v) is 6.53. The molecular formula is C30H37ClN6O4. The van der Waals surface area contributed by atoms with Crippen molar-refractivity contribution in [3.05, 3.63) is 70.3 Å². The van der Waals surface area contributed by atoms with Crippen molar-refractivity contribution in [1.29, 1.82) is 0 Å². The number of rotatable bonds is 10. The Kier molecular flexibility index (Phi) is 9.65. The van der Waals surface area contributed by atoms with Gasteiger partial charge in [0.1, 0.15) is 23.2 Å². The molecule has 0 saturated carbocycles. The van der Waals surface area contributed by atoms with Gasteiger partial charge in [0, 0.05) is 29.2 Å². The van der Waals surface area contributed by atoms with Crippen molar-refractivity contribution in [3.8, 4) is 11.4 Å². The van der Waals surface area contributed by atoms with Crippen molar-refractivity contribution >= 4 is 29.3 Å². The van der Waals surface area contributed by atoms with Crippen LogP contribution in [0.2, 0.25) is 5.02 Å². The number of hydrogen-bond acceptors (Lipinski definition) is 7. The standard InChI is InChI=1S/C30H37ClN6O4/c1-6-32-26(38)18-24-28-36-35-19(2)37(28)25-14-13-22(40-16-8-7-15-33-29(39)41-30(3,4)5)17-23(25)27(34-24)20-9-11-21(31)12-10-20/h9-14,17,24H,6-8,15-16,18H2,1-5H3,(H,32,38)(H,33,39). The van der Waals surface area contributed by atoms with Crippen LogP contribution in [0.15, 0.2) is 47.5 Å². The molecule has 4 rings (SSSR count). The first-order valence-electron chi connectivity index (χ1n) is 13.8. The van der Waals surface area contributed by atoms with E-state index in [1.807, 2.05) is 81.7 Å². The van der Waals surface area contributed by atoms with Gasteiger partial charge in [-0.2, -0.15) is 0 Å². The first-order chi connectivity index (χ1) is 19.6. The molecule has 0 spiro atoms. The van der Waals surface area contributed by atoms with Crippen LogP contribution in [0, 0.1) is 6.92 Å². The number of ether oxygens (including phenoxy) is 2. The number of aryl methyl sites for hydroxylation is 1. The molecule has 0 fully saturated rings. The highest BCUT2D eigenvalue weighted by Gasteiger charge is 2.30. The highest BCUT2D eigenvalue weighted by Crippen LogP contribution is 2.34. The van der Waals surface area contributed by atoms with Crippen LogP contribution in [-0.2, 0) is 9.53 Å². The lowest BCUT2D eigenvalue weighted by atomic mass is 10.00. The van der Waals surface area contributed by atoms with Crippen LogP contribution in [0.25, 0.3) is 5.69 Å². The molecule has 11 heteroatoms. The lowest BCUT2D eigenvalue weighted by Gasteiger charge is -2.19. The number of halogens is 1. The minimum atomic E-state index is -0.539. The first kappa shape index (κ1) is 30.0. The molecule has 0 aliphatic carbocycles. The molecule has 2 amide bonds. The van der Waals surface area contributed by atoms with Gasteiger partial charge >= 0.3 is 6.09 Å². The zero-order chi connectivity index (χ0) is 29.6. The highest BCUT2D eigenvalue weighted by atomic mass is 35.5. The van der Waals surface area contributed by atoms with E-state index >= 15 is 0 Å². The summed E-state index contributed by atoms with van der Waals surface area (Å²) in [5, 5.41) is 15.0. The number of amides is 2. The molecule has 2 heterocycles. The molecule has 2 aromatic carbocycles. The van der Waals surface area contributed by atoms with Crippen LogP contribution in [0.4, 0.5) is 4.79 Å². The second-order valence-corrected chi connectivity index (χ2v) is 11.2. The van der Waals surface area contributed by atoms with Gasteiger partial charge in [0.15, 0.2) is 5.82 Å². The maximum Gasteiger partial charge on any atom is 0.407 e. The SMILES string of the molecule is CCNC(=O)CC1N=C(c2ccc(Cl)cc2)c2cc(OCCCCNC(=O)OC(C)(C)C)ccc2-n2c(C)nnc21. The van der Waals surface area contributed by atoms with Crippen molar-refractivity contribution in [2.45, 2.75) is 65.5 Å². The molecule has 218 valence electrons. The smallest absolute Gasteiger partial charge is 0.407 e. The van der Waals surface area contributed by atoms with Gasteiger partial charge in [0.2, 0.25) is 5.91 Å². The van der Waals surface area contributed by atoms with E-state index in [4.69, 9.17) is 26.1 Å². The zero-order valence-electron chi connectivity index (χ0n) is 24.2. The van der Waals surface area contributed by atoms with Crippen molar-refractivity contribution in [2.24, 2.45) is 4.99 Å². The fourth-order valence-corrected chi connectivity index (χ4v) is 4.63. The topological polar surface area (TPSA) is 120 Å². The van der Waals surface area contributed by atoms with Gasteiger partial charge in [-0.3, -0.25) is 14.4 Å². The van der Waals surface area contributed by atoms with E-state index in [-0.39, 0.29) is 12.3 Å². The van der Waals surface area contributed by atoms with Gasteiger partial charge < -0.3 is 20.1 Å². The van der Waals surface area contributed by atoms with E-state index in [1.54, 1.807) is 0 Å². The minimum Gasteiger partial charge on any atom is -0.494 e. The van der Waals surface area contributed by atoms with Gasteiger partial charge in [-0.15, -0.1) is 10.2 Å². The number of nitrogens with one attached hydrogen (secondary N) is 2. The van der Waals surface area contributed by atoms with E-state index in [0.717, 1.165) is 29.7 Å². The predicted octanol–water partition coefficient (Wildman–Crippen LogP) is 5.33. The van der Waals surface area contributed by atoms with Crippen molar-refractivity contribution in [2.75, 3.05) is 19.7 Å². The summed E-state index contributed by atoms with van der Waals surface area (Å²) in [6.07, 6.45) is 1.20. The summed E-state index contributed by atoms with van der Waals surface area (Å²) in [7, 11) is 0. The summed E-state index contributed by atoms with van der Waals surface area (Å²) in [5.74, 6) is 1.87. The molecule has 1 unspecified atom stereocenters. The molecule has 0 bridgehead atoms. The van der Waals surface area contributed by atoms with Gasteiger partial charge in [-0.1, -0.05) is 23.7 Å². The number of alkyl carbamates (subject to hydrolysis) is 1. The molecule has 1 aliphatic rings. The minimum absolute atomic E-state index is 0.111. The number of fused-ring (bicyclic) bond motifs is 3. The lowest BCUT2D eigenvalue weighted by Crippen LogP contribution is -2.33. The van der Waals surface area contributed by atoms with Crippen LogP contribution in [0.5, 0.6) is 5.75 Å². The average Bonchev–Trinajstić information content (AvgIpc) is 3.23. The number of carbonyl (C=O) groups is 2. The number of aliphatic imine (C=N–C) groups is 1. The lowest BCUT2D eigenvalue weighted by molar-refractivity contribution is -0.121. The number of unbranched alkanes of at least 4 members (excludes halogenated alkanes) is 1. The van der Waals surface area contributed by atoms with Crippen LogP contribution < -0.4 is 15.4 Å². The van der Waals surface area contributed by atoms with Crippen LogP contribution in [0.1, 0.15) is 75.8 Å². The number of benzene rings is 2. The molecule has 10 nitrogen and oxygen atoms in total. The number of aromatic nitrogens is 3. The summed E-state index contributed by atoms with van der Waals surface area (Å²) >= 11 is 6.19. The Labute approximate surface area is 245 Å².